The van der Waals surface area contributed by atoms with Gasteiger partial charge in [0.1, 0.15) is 0 Å². The van der Waals surface area contributed by atoms with Gasteiger partial charge in [-0.2, -0.15) is 0 Å². The van der Waals surface area contributed by atoms with E-state index in [0.717, 1.165) is 0 Å². The van der Waals surface area contributed by atoms with E-state index >= 15 is 0 Å². The molecule has 11 heteroatoms. The van der Waals surface area contributed by atoms with Crippen molar-refractivity contribution in [2.24, 2.45) is 0 Å². The van der Waals surface area contributed by atoms with Crippen molar-refractivity contribution in [3.8, 4) is 0 Å². The van der Waals surface area contributed by atoms with Crippen LogP contribution in [-0.2, 0) is 35.3 Å². The maximum atomic E-state index is 9.22. The van der Waals surface area contributed by atoms with E-state index in [1.165, 1.54) is 0 Å². The second kappa shape index (κ2) is 8.41. The largest absolute Gasteiger partial charge is 4.00 e. The van der Waals surface area contributed by atoms with Crippen molar-refractivity contribution in [1.82, 2.24) is 0 Å². The molecule has 0 unspecified atom stereocenters. The Hall–Kier alpha value is 1.10. The van der Waals surface area contributed by atoms with Gasteiger partial charge in [0.2, 0.25) is 0 Å². The van der Waals surface area contributed by atoms with Gasteiger partial charge in [0.05, 0.1) is 12.7 Å². The minimum atomic E-state index is -4.59. The fourth-order valence-corrected chi connectivity index (χ4v) is 0. The molecule has 0 atom stereocenters. The fraction of sp³-hybridized carbons (Fsp3) is 1.00. The third kappa shape index (κ3) is 32.0. The average Bonchev–Trinajstić information content (AvgIpc) is 1.86. The summed E-state index contributed by atoms with van der Waals surface area (Å²) in [5.74, 6) is 0. The van der Waals surface area contributed by atoms with Gasteiger partial charge < -0.3 is 38.9 Å². The van der Waals surface area contributed by atoms with E-state index < -0.39 is 27.9 Å². The zero-order valence-corrected chi connectivity index (χ0v) is 10.4. The Balaban J connectivity index is -0.000000143. The smallest absolute Gasteiger partial charge is 0.809 e. The van der Waals surface area contributed by atoms with E-state index in [1.54, 1.807) is 0 Å². The predicted molar refractivity (Wildman–Crippen MR) is 29.4 cm³/mol. The molecule has 0 aliphatic heterocycles. The van der Waals surface area contributed by atoms with Crippen molar-refractivity contribution in [2.45, 2.75) is 0 Å². The molecule has 0 spiro atoms. The first-order valence-corrected chi connectivity index (χ1v) is 5.82. The van der Waals surface area contributed by atoms with Crippen LogP contribution in [-0.4, -0.2) is 22.9 Å². The molecule has 76 valence electrons. The van der Waals surface area contributed by atoms with Gasteiger partial charge in [0.15, 0.2) is 0 Å². The van der Waals surface area contributed by atoms with Crippen molar-refractivity contribution < 1.29 is 65.1 Å². The normalized spacial score (nSPS) is 10.9. The zero-order valence-electron chi connectivity index (χ0n) is 6.15. The van der Waals surface area contributed by atoms with Gasteiger partial charge in [0, 0.05) is 0 Å². The van der Waals surface area contributed by atoms with E-state index in [2.05, 4.69) is 0 Å². The molecule has 0 bridgehead atoms. The van der Waals surface area contributed by atoms with Crippen LogP contribution in [0.2, 0.25) is 0 Å². The first-order chi connectivity index (χ1) is 5.12. The quantitative estimate of drug-likeness (QED) is 0.483. The van der Waals surface area contributed by atoms with Gasteiger partial charge >= 0.3 is 26.2 Å². The van der Waals surface area contributed by atoms with Crippen molar-refractivity contribution in [3.63, 3.8) is 0 Å². The molecule has 0 aliphatic carbocycles. The summed E-state index contributed by atoms with van der Waals surface area (Å²) < 4.78 is 18.4. The van der Waals surface area contributed by atoms with Crippen LogP contribution in [0.5, 0.6) is 0 Å². The molecule has 0 radical (unpaired) electrons. The Kier molecular flexibility index (Phi) is 12.7. The number of aliphatic hydroxyl groups excluding tert-OH is 2. The van der Waals surface area contributed by atoms with E-state index in [-0.39, 0.29) is 26.2 Å². The van der Waals surface area contributed by atoms with Gasteiger partial charge in [-0.05, 0) is 15.2 Å². The van der Waals surface area contributed by atoms with Crippen LogP contribution in [0.1, 0.15) is 0 Å². The Bertz CT molecular complexity index is 170. The second-order valence-corrected chi connectivity index (χ2v) is 4.51. The van der Waals surface area contributed by atoms with E-state index in [4.69, 9.17) is 10.2 Å². The fourth-order valence-electron chi connectivity index (χ4n) is 0. The summed E-state index contributed by atoms with van der Waals surface area (Å²) in [7, 11) is -9.18. The van der Waals surface area contributed by atoms with Gasteiger partial charge in [-0.1, -0.05) is 0 Å². The Morgan fingerprint density at radius 2 is 0.923 bits per heavy atom. The van der Waals surface area contributed by atoms with Gasteiger partial charge in [-0.25, -0.2) is 0 Å². The molecule has 0 aliphatic rings. The summed E-state index contributed by atoms with van der Waals surface area (Å²) in [4.78, 5) is 36.9. The van der Waals surface area contributed by atoms with Crippen LogP contribution in [0, 0.1) is 0 Å². The molecule has 0 aromatic rings. The molecule has 0 fully saturated rings. The molecule has 0 aromatic carbocycles. The summed E-state index contributed by atoms with van der Waals surface area (Å²) >= 11 is 0. The van der Waals surface area contributed by atoms with E-state index in [0.29, 0.717) is 0 Å². The summed E-state index contributed by atoms with van der Waals surface area (Å²) in [5, 5.41) is 15.0. The Morgan fingerprint density at radius 1 is 0.846 bits per heavy atom. The van der Waals surface area contributed by atoms with Gasteiger partial charge in [0.25, 0.3) is 0 Å². The van der Waals surface area contributed by atoms with Crippen molar-refractivity contribution in [2.75, 3.05) is 12.7 Å². The minimum absolute atomic E-state index is 0. The van der Waals surface area contributed by atoms with Crippen LogP contribution in [0.15, 0.2) is 0 Å². The molecular formula is C2H6O8P2Zr. The molecule has 8 nitrogen and oxygen atoms in total. The van der Waals surface area contributed by atoms with Crippen LogP contribution in [0.3, 0.4) is 0 Å². The van der Waals surface area contributed by atoms with Crippen LogP contribution >= 0.6 is 15.2 Å². The molecular weight excluding hydrogens is 305 g/mol. The first kappa shape index (κ1) is 19.6. The van der Waals surface area contributed by atoms with E-state index in [1.807, 2.05) is 0 Å². The molecule has 0 aromatic heterocycles. The topological polar surface area (TPSA) is 167 Å². The summed E-state index contributed by atoms with van der Waals surface area (Å²) in [6.07, 6.45) is -2.57. The molecule has 0 rings (SSSR count). The third-order valence-corrected chi connectivity index (χ3v) is 1.04. The number of aliphatic hydroxyl groups is 2. The van der Waals surface area contributed by atoms with Gasteiger partial charge in [-0.15, -0.1) is 0 Å². The van der Waals surface area contributed by atoms with Crippen LogP contribution in [0.4, 0.5) is 0 Å². The van der Waals surface area contributed by atoms with E-state index in [9.17, 15) is 28.7 Å². The van der Waals surface area contributed by atoms with Crippen molar-refractivity contribution >= 4 is 15.2 Å². The molecule has 0 amide bonds. The molecule has 13 heavy (non-hydrogen) atoms. The van der Waals surface area contributed by atoms with Crippen molar-refractivity contribution in [1.29, 1.82) is 0 Å². The first-order valence-electron chi connectivity index (χ1n) is 2.36. The molecule has 0 saturated carbocycles. The Labute approximate surface area is 93.0 Å². The maximum Gasteiger partial charge on any atom is 4.00 e. The van der Waals surface area contributed by atoms with Crippen LogP contribution in [0.25, 0.3) is 0 Å². The third-order valence-electron chi connectivity index (χ3n) is 0.346. The monoisotopic (exact) mass is 310 g/mol. The minimum Gasteiger partial charge on any atom is -0.809 e. The molecule has 0 saturated heterocycles. The Morgan fingerprint density at radius 3 is 0.923 bits per heavy atom. The number of hydrogen-bond donors (Lipinski definition) is 2. The van der Waals surface area contributed by atoms with Crippen molar-refractivity contribution in [3.05, 3.63) is 0 Å². The summed E-state index contributed by atoms with van der Waals surface area (Å²) in [5.41, 5.74) is 0. The summed E-state index contributed by atoms with van der Waals surface area (Å²) in [6, 6.07) is 0. The zero-order chi connectivity index (χ0) is 10.4. The standard InChI is InChI=1S/2CH5O4P.Zr/c2*2-1-6(3,4)5;/h2*2H,1H2,(H2,3,4,5);/q;;+4/p-4. The summed E-state index contributed by atoms with van der Waals surface area (Å²) in [6.45, 7) is 0. The van der Waals surface area contributed by atoms with Crippen LogP contribution < -0.4 is 19.6 Å². The van der Waals surface area contributed by atoms with Gasteiger partial charge in [-0.3, -0.25) is 0 Å². The molecule has 2 N–H and O–H groups in total. The second-order valence-electron chi connectivity index (χ2n) is 1.50. The maximum absolute atomic E-state index is 9.22. The molecule has 0 heterocycles. The number of hydrogen-bond acceptors (Lipinski definition) is 8. The average molecular weight is 311 g/mol. The SMILES string of the molecule is O=P([O-])([O-])CO.O=P([O-])([O-])CO.[Zr+4]. The number of rotatable bonds is 2. The predicted octanol–water partition coefficient (Wildman–Crippen LogP) is -4.30.